The molecule has 1 heteroatoms. The zero-order chi connectivity index (χ0) is 8.58. The van der Waals surface area contributed by atoms with Gasteiger partial charge in [0.05, 0.1) is 0 Å². The lowest BCUT2D eigenvalue weighted by Gasteiger charge is -2.50. The molecular weight excluding hydrogens is 136 g/mol. The first-order chi connectivity index (χ1) is 4.15. The lowest BCUT2D eigenvalue weighted by Crippen LogP contribution is -2.31. The van der Waals surface area contributed by atoms with Crippen molar-refractivity contribution in [1.29, 1.82) is 0 Å². The van der Waals surface area contributed by atoms with Crippen molar-refractivity contribution in [1.82, 2.24) is 0 Å². The van der Waals surface area contributed by atoms with Gasteiger partial charge in [-0.25, -0.2) is 8.80 Å². The third-order valence-electron chi connectivity index (χ3n) is 2.25. The molecule has 0 aromatic rings. The Balaban J connectivity index is 4.23. The van der Waals surface area contributed by atoms with Crippen LogP contribution in [0.2, 0.25) is 16.6 Å². The van der Waals surface area contributed by atoms with E-state index in [9.17, 15) is 0 Å². The smallest absolute Gasteiger partial charge is 0.0906 e. The first kappa shape index (κ1) is 10.2. The third kappa shape index (κ3) is 2.87. The van der Waals surface area contributed by atoms with E-state index in [2.05, 4.69) is 48.1 Å². The first-order valence-corrected chi connectivity index (χ1v) is 6.00. The van der Waals surface area contributed by atoms with Gasteiger partial charge in [0.25, 0.3) is 0 Å². The van der Waals surface area contributed by atoms with E-state index in [0.717, 1.165) is 0 Å². The predicted molar refractivity (Wildman–Crippen MR) is 51.0 cm³/mol. The summed E-state index contributed by atoms with van der Waals surface area (Å²) < 4.78 is 0. The molecule has 0 bridgehead atoms. The Hall–Kier alpha value is 0.217. The Kier molecular flexibility index (Phi) is 2.75. The minimum absolute atomic E-state index is 0.221. The van der Waals surface area contributed by atoms with Gasteiger partial charge < -0.3 is 0 Å². The van der Waals surface area contributed by atoms with E-state index in [1.54, 1.807) is 0 Å². The van der Waals surface area contributed by atoms with Crippen molar-refractivity contribution in [2.45, 2.75) is 58.2 Å². The summed E-state index contributed by atoms with van der Waals surface area (Å²) in [5.74, 6) is 0. The molecule has 0 aliphatic heterocycles. The molecule has 62 valence electrons. The average molecular weight is 157 g/mol. The third-order valence-corrected chi connectivity index (χ3v) is 6.75. The van der Waals surface area contributed by atoms with Crippen LogP contribution >= 0.6 is 0 Å². The minimum atomic E-state index is -0.221. The maximum absolute atomic E-state index is 2.44. The van der Waals surface area contributed by atoms with Crippen LogP contribution < -0.4 is 0 Å². The molecule has 0 radical (unpaired) electrons. The Bertz CT molecular complexity index is 88.9. The Morgan fingerprint density at radius 3 is 0.900 bits per heavy atom. The molecule has 0 spiro atoms. The normalized spacial score (nSPS) is 14.4. The van der Waals surface area contributed by atoms with Gasteiger partial charge in [-0.1, -0.05) is 41.5 Å². The van der Waals surface area contributed by atoms with Crippen LogP contribution in [0, 0.1) is 0 Å². The molecule has 0 rings (SSSR count). The van der Waals surface area contributed by atoms with Gasteiger partial charge in [0, 0.05) is 0 Å². The highest BCUT2D eigenvalue weighted by molar-refractivity contribution is 6.63. The highest BCUT2D eigenvalue weighted by atomic mass is 28.3. The van der Waals surface area contributed by atoms with Gasteiger partial charge in [0.15, 0.2) is 0 Å². The van der Waals surface area contributed by atoms with Crippen LogP contribution in [-0.2, 0) is 0 Å². The van der Waals surface area contributed by atoms with Crippen molar-refractivity contribution in [2.24, 2.45) is 0 Å². The molecule has 0 aromatic carbocycles. The summed E-state index contributed by atoms with van der Waals surface area (Å²) in [6.45, 7) is 16.6. The van der Waals surface area contributed by atoms with Gasteiger partial charge in [-0.05, 0) is 0 Å². The van der Waals surface area contributed by atoms with Crippen LogP contribution in [0.5, 0.6) is 0 Å². The molecule has 10 heavy (non-hydrogen) atoms. The van der Waals surface area contributed by atoms with Crippen LogP contribution in [-0.4, -0.2) is 8.80 Å². The second-order valence-electron chi connectivity index (χ2n) is 5.12. The second kappa shape index (κ2) is 2.69. The summed E-state index contributed by atoms with van der Waals surface area (Å²) in [6.07, 6.45) is 0. The predicted octanol–water partition coefficient (Wildman–Crippen LogP) is 3.71. The van der Waals surface area contributed by atoms with E-state index in [1.165, 1.54) is 0 Å². The van der Waals surface area contributed by atoms with Crippen LogP contribution in [0.25, 0.3) is 0 Å². The molecule has 0 aliphatic rings. The lowest BCUT2D eigenvalue weighted by molar-refractivity contribution is 0.647. The average Bonchev–Trinajstić information content (AvgIpc) is 1.59. The molecule has 0 atom stereocenters. The minimum Gasteiger partial charge on any atom is -0.250 e. The van der Waals surface area contributed by atoms with Crippen LogP contribution in [0.3, 0.4) is 0 Å². The van der Waals surface area contributed by atoms with E-state index in [4.69, 9.17) is 0 Å². The quantitative estimate of drug-likeness (QED) is 0.470. The largest absolute Gasteiger partial charge is 0.250 e. The fourth-order valence-electron chi connectivity index (χ4n) is 1.12. The summed E-state index contributed by atoms with van der Waals surface area (Å²) >= 11 is 0. The zero-order valence-corrected chi connectivity index (χ0v) is 9.50. The SMILES string of the molecule is C[Si-](C(C)(C)C)C(C)(C)C. The summed E-state index contributed by atoms with van der Waals surface area (Å²) in [5, 5.41) is 1.09. The van der Waals surface area contributed by atoms with Crippen molar-refractivity contribution < 1.29 is 0 Å². The fraction of sp³-hybridized carbons (Fsp3) is 1.00. The van der Waals surface area contributed by atoms with Crippen molar-refractivity contribution >= 4 is 8.80 Å². The maximum atomic E-state index is 2.44. The number of hydrogen-bond acceptors (Lipinski definition) is 0. The second-order valence-corrected chi connectivity index (χ2v) is 9.38. The highest BCUT2D eigenvalue weighted by Gasteiger charge is 2.17. The van der Waals surface area contributed by atoms with Crippen molar-refractivity contribution in [2.75, 3.05) is 0 Å². The molecule has 0 nitrogen and oxygen atoms in total. The van der Waals surface area contributed by atoms with Gasteiger partial charge in [0.2, 0.25) is 0 Å². The van der Waals surface area contributed by atoms with Crippen LogP contribution in [0.4, 0.5) is 0 Å². The van der Waals surface area contributed by atoms with Crippen molar-refractivity contribution in [3.63, 3.8) is 0 Å². The highest BCUT2D eigenvalue weighted by Crippen LogP contribution is 2.41. The molecule has 0 amide bonds. The summed E-state index contributed by atoms with van der Waals surface area (Å²) in [5.41, 5.74) is 0. The van der Waals surface area contributed by atoms with Crippen molar-refractivity contribution in [3.05, 3.63) is 0 Å². The Morgan fingerprint density at radius 1 is 0.700 bits per heavy atom. The lowest BCUT2D eigenvalue weighted by atomic mass is 10.2. The van der Waals surface area contributed by atoms with Gasteiger partial charge in [0.1, 0.15) is 0 Å². The molecule has 0 N–H and O–H groups in total. The van der Waals surface area contributed by atoms with Crippen molar-refractivity contribution in [3.8, 4) is 0 Å². The van der Waals surface area contributed by atoms with Gasteiger partial charge >= 0.3 is 0 Å². The summed E-state index contributed by atoms with van der Waals surface area (Å²) in [4.78, 5) is 0. The van der Waals surface area contributed by atoms with E-state index >= 15 is 0 Å². The zero-order valence-electron chi connectivity index (χ0n) is 8.50. The Morgan fingerprint density at radius 2 is 0.900 bits per heavy atom. The summed E-state index contributed by atoms with van der Waals surface area (Å²) in [7, 11) is -0.221. The molecule has 0 heterocycles. The maximum Gasteiger partial charge on any atom is -0.0906 e. The standard InChI is InChI=1S/C9H21Si/c1-8(2,3)10(7)9(4,5)6/h1-7H3/q-1. The molecular formula is C9H21Si-. The topological polar surface area (TPSA) is 0 Å². The van der Waals surface area contributed by atoms with Crippen LogP contribution in [0.1, 0.15) is 41.5 Å². The van der Waals surface area contributed by atoms with Gasteiger partial charge in [-0.15, -0.1) is 0 Å². The van der Waals surface area contributed by atoms with E-state index in [1.807, 2.05) is 0 Å². The molecule has 0 aromatic heterocycles. The van der Waals surface area contributed by atoms with Crippen LogP contribution in [0.15, 0.2) is 0 Å². The number of rotatable bonds is 0. The fourth-order valence-corrected chi connectivity index (χ4v) is 3.38. The van der Waals surface area contributed by atoms with Gasteiger partial charge in [-0.3, -0.25) is 0 Å². The Labute approximate surface area is 67.6 Å². The van der Waals surface area contributed by atoms with Gasteiger partial charge in [-0.2, -0.15) is 16.6 Å². The van der Waals surface area contributed by atoms with E-state index < -0.39 is 0 Å². The summed E-state index contributed by atoms with van der Waals surface area (Å²) in [6, 6.07) is 0. The molecule has 0 saturated heterocycles. The molecule has 0 unspecified atom stereocenters. The molecule has 0 saturated carbocycles. The van der Waals surface area contributed by atoms with E-state index in [-0.39, 0.29) is 8.80 Å². The first-order valence-electron chi connectivity index (χ1n) is 4.00. The van der Waals surface area contributed by atoms with E-state index in [0.29, 0.717) is 10.1 Å². The molecule has 0 aliphatic carbocycles. The monoisotopic (exact) mass is 157 g/mol. The number of hydrogen-bond donors (Lipinski definition) is 0. The molecule has 0 fully saturated rings.